The van der Waals surface area contributed by atoms with Crippen LogP contribution in [0.4, 0.5) is 5.69 Å². The van der Waals surface area contributed by atoms with Gasteiger partial charge in [-0.05, 0) is 24.5 Å². The lowest BCUT2D eigenvalue weighted by atomic mass is 9.99. The molecule has 0 radical (unpaired) electrons. The van der Waals surface area contributed by atoms with Gasteiger partial charge in [0.05, 0.1) is 18.1 Å². The zero-order chi connectivity index (χ0) is 19.2. The fourth-order valence-corrected chi connectivity index (χ4v) is 2.51. The molecule has 8 heteroatoms. The van der Waals surface area contributed by atoms with Crippen molar-refractivity contribution in [2.75, 3.05) is 11.9 Å². The van der Waals surface area contributed by atoms with Crippen LogP contribution in [0.15, 0.2) is 55.1 Å². The summed E-state index contributed by atoms with van der Waals surface area (Å²) in [5.41, 5.74) is 2.65. The van der Waals surface area contributed by atoms with Crippen LogP contribution in [0.3, 0.4) is 0 Å². The molecule has 0 saturated carbocycles. The number of benzene rings is 1. The van der Waals surface area contributed by atoms with Crippen LogP contribution in [0.1, 0.15) is 24.0 Å². The number of rotatable bonds is 5. The van der Waals surface area contributed by atoms with E-state index in [9.17, 15) is 9.59 Å². The monoisotopic (exact) mass is 364 g/mol. The fourth-order valence-electron chi connectivity index (χ4n) is 2.51. The SMILES string of the molecule is Cc1cccc([C@H](C)CNC(=O)C(=O)Nc2cnn(-c3ncccn3)c2)c1. The number of aromatic nitrogens is 4. The number of anilines is 1. The van der Waals surface area contributed by atoms with E-state index in [1.807, 2.05) is 32.0 Å². The number of amides is 2. The van der Waals surface area contributed by atoms with E-state index in [1.165, 1.54) is 17.1 Å². The van der Waals surface area contributed by atoms with Crippen LogP contribution in [0, 0.1) is 6.92 Å². The third-order valence-electron chi connectivity index (χ3n) is 3.98. The Balaban J connectivity index is 1.54. The molecule has 0 aliphatic rings. The fraction of sp³-hybridized carbons (Fsp3) is 0.211. The van der Waals surface area contributed by atoms with Crippen LogP contribution >= 0.6 is 0 Å². The Bertz CT molecular complexity index is 938. The van der Waals surface area contributed by atoms with Crippen LogP contribution in [0.2, 0.25) is 0 Å². The predicted molar refractivity (Wildman–Crippen MR) is 100 cm³/mol. The molecule has 0 bridgehead atoms. The Morgan fingerprint density at radius 3 is 2.67 bits per heavy atom. The van der Waals surface area contributed by atoms with Gasteiger partial charge in [-0.2, -0.15) is 5.10 Å². The lowest BCUT2D eigenvalue weighted by Gasteiger charge is -2.13. The lowest BCUT2D eigenvalue weighted by Crippen LogP contribution is -2.37. The van der Waals surface area contributed by atoms with Crippen molar-refractivity contribution < 1.29 is 9.59 Å². The molecule has 0 aliphatic heterocycles. The Hall–Kier alpha value is -3.55. The summed E-state index contributed by atoms with van der Waals surface area (Å²) in [7, 11) is 0. The lowest BCUT2D eigenvalue weighted by molar-refractivity contribution is -0.136. The van der Waals surface area contributed by atoms with E-state index in [4.69, 9.17) is 0 Å². The highest BCUT2D eigenvalue weighted by Crippen LogP contribution is 2.15. The van der Waals surface area contributed by atoms with E-state index >= 15 is 0 Å². The second kappa shape index (κ2) is 8.22. The second-order valence-electron chi connectivity index (χ2n) is 6.20. The van der Waals surface area contributed by atoms with Crippen LogP contribution in [-0.4, -0.2) is 38.1 Å². The van der Waals surface area contributed by atoms with Crippen molar-refractivity contribution >= 4 is 17.5 Å². The Kier molecular flexibility index (Phi) is 5.55. The van der Waals surface area contributed by atoms with Crippen LogP contribution in [-0.2, 0) is 9.59 Å². The number of carbonyl (C=O) groups is 2. The number of carbonyl (C=O) groups excluding carboxylic acids is 2. The number of nitrogens with one attached hydrogen (secondary N) is 2. The average molecular weight is 364 g/mol. The molecule has 3 rings (SSSR count). The molecule has 0 spiro atoms. The maximum atomic E-state index is 12.1. The van der Waals surface area contributed by atoms with Crippen molar-refractivity contribution in [2.45, 2.75) is 19.8 Å². The summed E-state index contributed by atoms with van der Waals surface area (Å²) >= 11 is 0. The van der Waals surface area contributed by atoms with Crippen LogP contribution < -0.4 is 10.6 Å². The van der Waals surface area contributed by atoms with Crippen molar-refractivity contribution in [3.05, 3.63) is 66.2 Å². The number of hydrogen-bond donors (Lipinski definition) is 2. The van der Waals surface area contributed by atoms with Gasteiger partial charge in [-0.25, -0.2) is 14.6 Å². The number of hydrogen-bond acceptors (Lipinski definition) is 5. The minimum atomic E-state index is -0.750. The maximum Gasteiger partial charge on any atom is 0.313 e. The Morgan fingerprint density at radius 2 is 1.93 bits per heavy atom. The third kappa shape index (κ3) is 4.75. The van der Waals surface area contributed by atoms with Crippen LogP contribution in [0.5, 0.6) is 0 Å². The van der Waals surface area contributed by atoms with Crippen molar-refractivity contribution in [2.24, 2.45) is 0 Å². The molecule has 1 aromatic carbocycles. The second-order valence-corrected chi connectivity index (χ2v) is 6.20. The average Bonchev–Trinajstić information content (AvgIpc) is 3.15. The minimum Gasteiger partial charge on any atom is -0.347 e. The predicted octanol–water partition coefficient (Wildman–Crippen LogP) is 1.83. The third-order valence-corrected chi connectivity index (χ3v) is 3.98. The Morgan fingerprint density at radius 1 is 1.15 bits per heavy atom. The molecule has 2 aromatic heterocycles. The molecule has 8 nitrogen and oxygen atoms in total. The first kappa shape index (κ1) is 18.2. The van der Waals surface area contributed by atoms with Gasteiger partial charge in [0.1, 0.15) is 0 Å². The van der Waals surface area contributed by atoms with E-state index in [-0.39, 0.29) is 5.92 Å². The summed E-state index contributed by atoms with van der Waals surface area (Å²) in [4.78, 5) is 32.2. The molecule has 27 heavy (non-hydrogen) atoms. The molecule has 2 amide bonds. The molecule has 0 unspecified atom stereocenters. The Labute approximate surface area is 156 Å². The molecule has 2 N–H and O–H groups in total. The maximum absolute atomic E-state index is 12.1. The molecule has 2 heterocycles. The first-order valence-electron chi connectivity index (χ1n) is 8.51. The summed E-state index contributed by atoms with van der Waals surface area (Å²) in [5.74, 6) is -0.979. The highest BCUT2D eigenvalue weighted by atomic mass is 16.2. The number of nitrogens with zero attached hydrogens (tertiary/aromatic N) is 4. The molecular formula is C19H20N6O2. The van der Waals surface area contributed by atoms with Gasteiger partial charge >= 0.3 is 11.8 Å². The van der Waals surface area contributed by atoms with Crippen molar-refractivity contribution in [3.63, 3.8) is 0 Å². The summed E-state index contributed by atoms with van der Waals surface area (Å²) in [6.07, 6.45) is 6.14. The molecule has 1 atom stereocenters. The van der Waals surface area contributed by atoms with Gasteiger partial charge in [0.25, 0.3) is 0 Å². The minimum absolute atomic E-state index is 0.0969. The topological polar surface area (TPSA) is 102 Å². The molecular weight excluding hydrogens is 344 g/mol. The molecule has 138 valence electrons. The van der Waals surface area contributed by atoms with E-state index in [2.05, 4.69) is 31.8 Å². The van der Waals surface area contributed by atoms with E-state index in [1.54, 1.807) is 18.5 Å². The molecule has 0 aliphatic carbocycles. The summed E-state index contributed by atoms with van der Waals surface area (Å²) in [6.45, 7) is 4.38. The van der Waals surface area contributed by atoms with E-state index < -0.39 is 11.8 Å². The van der Waals surface area contributed by atoms with Gasteiger partial charge in [0.15, 0.2) is 0 Å². The van der Waals surface area contributed by atoms with Gasteiger partial charge < -0.3 is 10.6 Å². The first-order valence-corrected chi connectivity index (χ1v) is 8.51. The quantitative estimate of drug-likeness (QED) is 0.673. The molecule has 3 aromatic rings. The van der Waals surface area contributed by atoms with E-state index in [0.717, 1.165) is 11.1 Å². The van der Waals surface area contributed by atoms with Crippen molar-refractivity contribution in [1.82, 2.24) is 25.1 Å². The first-order chi connectivity index (χ1) is 13.0. The summed E-state index contributed by atoms with van der Waals surface area (Å²) < 4.78 is 1.41. The van der Waals surface area contributed by atoms with Crippen LogP contribution in [0.25, 0.3) is 5.95 Å². The standard InChI is InChI=1S/C19H20N6O2/c1-13-5-3-6-15(9-13)14(2)10-22-17(26)18(27)24-16-11-23-25(12-16)19-20-7-4-8-21-19/h3-9,11-12,14H,10H2,1-2H3,(H,22,26)(H,24,27)/t14-/m1/s1. The van der Waals surface area contributed by atoms with Crippen molar-refractivity contribution in [1.29, 1.82) is 0 Å². The van der Waals surface area contributed by atoms with Gasteiger partial charge in [-0.1, -0.05) is 36.8 Å². The number of aryl methyl sites for hydroxylation is 1. The summed E-state index contributed by atoms with van der Waals surface area (Å²) in [6, 6.07) is 9.76. The highest BCUT2D eigenvalue weighted by molar-refractivity contribution is 6.39. The van der Waals surface area contributed by atoms with Gasteiger partial charge in [-0.15, -0.1) is 0 Å². The van der Waals surface area contributed by atoms with E-state index in [0.29, 0.717) is 18.2 Å². The molecule has 0 saturated heterocycles. The zero-order valence-electron chi connectivity index (χ0n) is 15.1. The van der Waals surface area contributed by atoms with Gasteiger partial charge in [-0.3, -0.25) is 9.59 Å². The normalized spacial score (nSPS) is 11.6. The van der Waals surface area contributed by atoms with Gasteiger partial charge in [0, 0.05) is 18.9 Å². The smallest absolute Gasteiger partial charge is 0.313 e. The molecule has 0 fully saturated rings. The zero-order valence-corrected chi connectivity index (χ0v) is 15.1. The van der Waals surface area contributed by atoms with Gasteiger partial charge in [0.2, 0.25) is 5.95 Å². The van der Waals surface area contributed by atoms with Crippen molar-refractivity contribution in [3.8, 4) is 5.95 Å². The largest absolute Gasteiger partial charge is 0.347 e. The summed E-state index contributed by atoms with van der Waals surface area (Å²) in [5, 5.41) is 9.24. The highest BCUT2D eigenvalue weighted by Gasteiger charge is 2.16.